The summed E-state index contributed by atoms with van der Waals surface area (Å²) in [5.74, 6) is -0.438. The lowest BCUT2D eigenvalue weighted by molar-refractivity contribution is -0.143. The van der Waals surface area contributed by atoms with Gasteiger partial charge in [0.15, 0.2) is 0 Å². The number of nitrogens with one attached hydrogen (secondary N) is 1. The zero-order valence-electron chi connectivity index (χ0n) is 18.5. The standard InChI is InChI=1S/C22H32F3N3O3S/c1-27(16-22(23,24)25)12-4-11-26-21(29)18-9-13-28(14-10-18)32(30,31)20-8-7-17-5-2-3-6-19(17)15-20/h7-8,15,18H,2-6,9-14,16H2,1H3,(H,26,29). The molecule has 10 heteroatoms. The molecule has 1 N–H and O–H groups in total. The highest BCUT2D eigenvalue weighted by Gasteiger charge is 2.32. The first-order valence-electron chi connectivity index (χ1n) is 11.2. The maximum absolute atomic E-state index is 13.1. The Labute approximate surface area is 188 Å². The Hall–Kier alpha value is -1.65. The van der Waals surface area contributed by atoms with E-state index in [1.54, 1.807) is 12.1 Å². The number of halogens is 3. The number of rotatable bonds is 8. The van der Waals surface area contributed by atoms with E-state index in [9.17, 15) is 26.4 Å². The molecule has 3 rings (SSSR count). The molecule has 0 spiro atoms. The van der Waals surface area contributed by atoms with E-state index in [1.807, 2.05) is 6.07 Å². The molecule has 32 heavy (non-hydrogen) atoms. The molecule has 0 bridgehead atoms. The van der Waals surface area contributed by atoms with Crippen molar-refractivity contribution in [2.45, 2.75) is 56.0 Å². The molecule has 1 heterocycles. The largest absolute Gasteiger partial charge is 0.401 e. The third-order valence-electron chi connectivity index (χ3n) is 6.25. The Bertz CT molecular complexity index is 897. The Morgan fingerprint density at radius 1 is 1.16 bits per heavy atom. The van der Waals surface area contributed by atoms with E-state index in [4.69, 9.17) is 0 Å². The first kappa shape index (κ1) is 25.0. The number of hydrogen-bond donors (Lipinski definition) is 1. The predicted octanol–water partition coefficient (Wildman–Crippen LogP) is 2.97. The number of alkyl halides is 3. The van der Waals surface area contributed by atoms with Crippen molar-refractivity contribution in [1.29, 1.82) is 0 Å². The number of amides is 1. The first-order chi connectivity index (χ1) is 15.1. The molecule has 1 fully saturated rings. The van der Waals surface area contributed by atoms with Crippen molar-refractivity contribution >= 4 is 15.9 Å². The summed E-state index contributed by atoms with van der Waals surface area (Å²) in [7, 11) is -2.19. The molecule has 0 unspecified atom stereocenters. The van der Waals surface area contributed by atoms with E-state index < -0.39 is 22.7 Å². The molecule has 0 radical (unpaired) electrons. The van der Waals surface area contributed by atoms with Gasteiger partial charge in [-0.15, -0.1) is 0 Å². The van der Waals surface area contributed by atoms with Gasteiger partial charge in [-0.25, -0.2) is 8.42 Å². The van der Waals surface area contributed by atoms with Gasteiger partial charge in [-0.05, 0) is 81.8 Å². The number of nitrogens with zero attached hydrogens (tertiary/aromatic N) is 2. The molecule has 1 saturated heterocycles. The molecular weight excluding hydrogens is 443 g/mol. The van der Waals surface area contributed by atoms with E-state index in [1.165, 1.54) is 21.8 Å². The van der Waals surface area contributed by atoms with Crippen LogP contribution in [0.5, 0.6) is 0 Å². The number of hydrogen-bond acceptors (Lipinski definition) is 4. The number of fused-ring (bicyclic) bond motifs is 1. The molecule has 0 atom stereocenters. The summed E-state index contributed by atoms with van der Waals surface area (Å²) in [5.41, 5.74) is 2.35. The van der Waals surface area contributed by atoms with Crippen LogP contribution in [-0.4, -0.2) is 69.5 Å². The Balaban J connectivity index is 1.44. The van der Waals surface area contributed by atoms with E-state index in [2.05, 4.69) is 5.32 Å². The molecule has 6 nitrogen and oxygen atoms in total. The number of benzene rings is 1. The second-order valence-electron chi connectivity index (χ2n) is 8.81. The maximum Gasteiger partial charge on any atom is 0.401 e. The van der Waals surface area contributed by atoms with Crippen LogP contribution in [0.2, 0.25) is 0 Å². The smallest absolute Gasteiger partial charge is 0.356 e. The Morgan fingerprint density at radius 2 is 1.81 bits per heavy atom. The predicted molar refractivity (Wildman–Crippen MR) is 116 cm³/mol. The second-order valence-corrected chi connectivity index (χ2v) is 10.8. The molecule has 1 aliphatic carbocycles. The summed E-state index contributed by atoms with van der Waals surface area (Å²) >= 11 is 0. The summed E-state index contributed by atoms with van der Waals surface area (Å²) in [6.45, 7) is 0.127. The van der Waals surface area contributed by atoms with Crippen LogP contribution in [0.25, 0.3) is 0 Å². The van der Waals surface area contributed by atoms with Crippen molar-refractivity contribution in [3.8, 4) is 0 Å². The summed E-state index contributed by atoms with van der Waals surface area (Å²) in [4.78, 5) is 13.9. The van der Waals surface area contributed by atoms with E-state index in [0.29, 0.717) is 30.7 Å². The van der Waals surface area contributed by atoms with Crippen LogP contribution in [0.15, 0.2) is 23.1 Å². The van der Waals surface area contributed by atoms with Gasteiger partial charge in [0.25, 0.3) is 0 Å². The average Bonchev–Trinajstić information content (AvgIpc) is 2.75. The molecule has 0 aromatic heterocycles. The van der Waals surface area contributed by atoms with Crippen molar-refractivity contribution in [2.75, 3.05) is 39.8 Å². The van der Waals surface area contributed by atoms with Gasteiger partial charge >= 0.3 is 6.18 Å². The van der Waals surface area contributed by atoms with Gasteiger partial charge in [-0.1, -0.05) is 6.07 Å². The van der Waals surface area contributed by atoms with Crippen LogP contribution in [0.4, 0.5) is 13.2 Å². The molecule has 1 aromatic carbocycles. The summed E-state index contributed by atoms with van der Waals surface area (Å²) in [6.07, 6.45) is 1.18. The molecule has 1 amide bonds. The zero-order chi connectivity index (χ0) is 23.4. The third-order valence-corrected chi connectivity index (χ3v) is 8.14. The molecule has 1 aromatic rings. The minimum absolute atomic E-state index is 0.158. The lowest BCUT2D eigenvalue weighted by Crippen LogP contribution is -2.43. The summed E-state index contributed by atoms with van der Waals surface area (Å²) in [6, 6.07) is 5.42. The molecular formula is C22H32F3N3O3S. The van der Waals surface area contributed by atoms with Crippen LogP contribution in [0, 0.1) is 5.92 Å². The highest BCUT2D eigenvalue weighted by molar-refractivity contribution is 7.89. The van der Waals surface area contributed by atoms with Gasteiger partial charge in [0, 0.05) is 25.6 Å². The third kappa shape index (κ3) is 6.68. The van der Waals surface area contributed by atoms with Crippen LogP contribution in [-0.2, 0) is 27.7 Å². The first-order valence-corrected chi connectivity index (χ1v) is 12.7. The fourth-order valence-corrected chi connectivity index (χ4v) is 5.99. The number of aryl methyl sites for hydroxylation is 2. The van der Waals surface area contributed by atoms with Crippen LogP contribution < -0.4 is 5.32 Å². The molecule has 180 valence electrons. The van der Waals surface area contributed by atoms with Crippen molar-refractivity contribution < 1.29 is 26.4 Å². The monoisotopic (exact) mass is 475 g/mol. The van der Waals surface area contributed by atoms with Gasteiger partial charge in [-0.2, -0.15) is 17.5 Å². The minimum atomic E-state index is -4.23. The minimum Gasteiger partial charge on any atom is -0.356 e. The van der Waals surface area contributed by atoms with Crippen molar-refractivity contribution in [3.05, 3.63) is 29.3 Å². The normalized spacial score (nSPS) is 18.5. The number of piperidine rings is 1. The topological polar surface area (TPSA) is 69.7 Å². The Kier molecular flexibility index (Phi) is 8.21. The van der Waals surface area contributed by atoms with Crippen LogP contribution in [0.1, 0.15) is 43.2 Å². The van der Waals surface area contributed by atoms with Crippen molar-refractivity contribution in [2.24, 2.45) is 5.92 Å². The molecule has 1 aliphatic heterocycles. The highest BCUT2D eigenvalue weighted by atomic mass is 32.2. The van der Waals surface area contributed by atoms with Gasteiger partial charge in [0.1, 0.15) is 0 Å². The number of carbonyl (C=O) groups is 1. The Morgan fingerprint density at radius 3 is 2.47 bits per heavy atom. The van der Waals surface area contributed by atoms with Crippen molar-refractivity contribution in [3.63, 3.8) is 0 Å². The van der Waals surface area contributed by atoms with Gasteiger partial charge in [0.05, 0.1) is 11.4 Å². The van der Waals surface area contributed by atoms with Crippen LogP contribution in [0.3, 0.4) is 0 Å². The van der Waals surface area contributed by atoms with E-state index in [-0.39, 0.29) is 31.5 Å². The summed E-state index contributed by atoms with van der Waals surface area (Å²) < 4.78 is 64.6. The van der Waals surface area contributed by atoms with Gasteiger partial charge < -0.3 is 5.32 Å². The zero-order valence-corrected chi connectivity index (χ0v) is 19.3. The van der Waals surface area contributed by atoms with E-state index in [0.717, 1.165) is 31.2 Å². The quantitative estimate of drug-likeness (QED) is 0.587. The number of sulfonamides is 1. The van der Waals surface area contributed by atoms with Gasteiger partial charge in [-0.3, -0.25) is 9.69 Å². The molecule has 0 saturated carbocycles. The number of carbonyl (C=O) groups excluding carboxylic acids is 1. The average molecular weight is 476 g/mol. The highest BCUT2D eigenvalue weighted by Crippen LogP contribution is 2.28. The molecule has 2 aliphatic rings. The summed E-state index contributed by atoms with van der Waals surface area (Å²) in [5, 5.41) is 2.78. The second kappa shape index (κ2) is 10.5. The SMILES string of the molecule is CN(CCCNC(=O)C1CCN(S(=O)(=O)c2ccc3c(c2)CCCC3)CC1)CC(F)(F)F. The van der Waals surface area contributed by atoms with Gasteiger partial charge in [0.2, 0.25) is 15.9 Å². The lowest BCUT2D eigenvalue weighted by atomic mass is 9.92. The lowest BCUT2D eigenvalue weighted by Gasteiger charge is -2.31. The maximum atomic E-state index is 13.1. The van der Waals surface area contributed by atoms with Crippen molar-refractivity contribution in [1.82, 2.24) is 14.5 Å². The fourth-order valence-electron chi connectivity index (χ4n) is 4.47. The fraction of sp³-hybridized carbons (Fsp3) is 0.682. The van der Waals surface area contributed by atoms with Crippen LogP contribution >= 0.6 is 0 Å². The van der Waals surface area contributed by atoms with E-state index >= 15 is 0 Å².